The van der Waals surface area contributed by atoms with Crippen LogP contribution < -0.4 is 15.9 Å². The van der Waals surface area contributed by atoms with E-state index in [-0.39, 0.29) is 37.5 Å². The average Bonchev–Trinajstić information content (AvgIpc) is 2.73. The van der Waals surface area contributed by atoms with Crippen LogP contribution in [0.5, 0.6) is 0 Å². The Morgan fingerprint density at radius 2 is 1.10 bits per heavy atom. The van der Waals surface area contributed by atoms with Gasteiger partial charge in [0, 0.05) is 19.5 Å². The molecule has 1 atom stereocenters. The van der Waals surface area contributed by atoms with E-state index in [1.54, 1.807) is 0 Å². The smallest absolute Gasteiger partial charge is 0 e. The minimum Gasteiger partial charge on any atom is 0 e. The summed E-state index contributed by atoms with van der Waals surface area (Å²) in [5.41, 5.74) is -0.886. The van der Waals surface area contributed by atoms with E-state index in [4.69, 9.17) is 0 Å². The Balaban J connectivity index is 0.00000300. The Kier molecular flexibility index (Phi) is 8.32. The van der Waals surface area contributed by atoms with Crippen molar-refractivity contribution in [1.29, 1.82) is 0 Å². The van der Waals surface area contributed by atoms with Crippen LogP contribution in [-0.4, -0.2) is 23.5 Å². The standard InChI is InChI=1S/C24H23O3P.Rh/c1-19(26)17-23(27)24(18-25)28(20-11-5-2-6-12-20,21-13-7-3-8-14-21)22-15-9-4-10-16-22;/h2-16,18,24,28H,17H2,1H3;. The Hall–Kier alpha value is -2.28. The molecule has 3 nitrogen and oxygen atoms in total. The first-order valence-electron chi connectivity index (χ1n) is 9.24. The van der Waals surface area contributed by atoms with E-state index in [1.165, 1.54) is 6.92 Å². The van der Waals surface area contributed by atoms with E-state index < -0.39 is 12.9 Å². The molecule has 0 heterocycles. The van der Waals surface area contributed by atoms with E-state index in [1.807, 2.05) is 91.0 Å². The van der Waals surface area contributed by atoms with Crippen LogP contribution >= 0.6 is 7.26 Å². The molecule has 151 valence electrons. The first-order valence-corrected chi connectivity index (χ1v) is 11.3. The number of carbonyl (C=O) groups excluding carboxylic acids is 3. The van der Waals surface area contributed by atoms with Crippen molar-refractivity contribution >= 4 is 41.0 Å². The summed E-state index contributed by atoms with van der Waals surface area (Å²) in [7, 11) is -3.05. The molecule has 0 N–H and O–H groups in total. The number of benzene rings is 3. The van der Waals surface area contributed by atoms with Gasteiger partial charge in [-0.2, -0.15) is 0 Å². The van der Waals surface area contributed by atoms with Crippen molar-refractivity contribution in [2.75, 3.05) is 0 Å². The van der Waals surface area contributed by atoms with Gasteiger partial charge in [-0.3, -0.25) is 0 Å². The summed E-state index contributed by atoms with van der Waals surface area (Å²) in [6, 6.07) is 29.3. The van der Waals surface area contributed by atoms with Crippen molar-refractivity contribution < 1.29 is 33.9 Å². The number of rotatable bonds is 8. The summed E-state index contributed by atoms with van der Waals surface area (Å²) in [6.07, 6.45) is 0.523. The van der Waals surface area contributed by atoms with Crippen LogP contribution in [0.1, 0.15) is 13.3 Å². The summed E-state index contributed by atoms with van der Waals surface area (Å²) in [5, 5.41) is 2.92. The molecular formula is C24H23O3PRh. The van der Waals surface area contributed by atoms with E-state index in [0.717, 1.165) is 22.2 Å². The van der Waals surface area contributed by atoms with Gasteiger partial charge in [-0.15, -0.1) is 0 Å². The molecule has 29 heavy (non-hydrogen) atoms. The third-order valence-corrected chi connectivity index (χ3v) is 10.2. The molecule has 3 rings (SSSR count). The molecular weight excluding hydrogens is 470 g/mol. The molecule has 0 aromatic heterocycles. The van der Waals surface area contributed by atoms with Crippen molar-refractivity contribution in [3.8, 4) is 0 Å². The van der Waals surface area contributed by atoms with Gasteiger partial charge in [-0.1, -0.05) is 0 Å². The maximum atomic E-state index is 13.1. The third kappa shape index (κ3) is 4.66. The second-order valence-corrected chi connectivity index (χ2v) is 10.8. The van der Waals surface area contributed by atoms with Crippen molar-refractivity contribution in [3.63, 3.8) is 0 Å². The van der Waals surface area contributed by atoms with Gasteiger partial charge < -0.3 is 0 Å². The van der Waals surface area contributed by atoms with Crippen molar-refractivity contribution in [2.24, 2.45) is 0 Å². The van der Waals surface area contributed by atoms with Crippen LogP contribution in [0.3, 0.4) is 0 Å². The van der Waals surface area contributed by atoms with E-state index in [9.17, 15) is 14.4 Å². The van der Waals surface area contributed by atoms with Crippen LogP contribution in [0.2, 0.25) is 0 Å². The Morgan fingerprint density at radius 1 is 0.759 bits per heavy atom. The number of ketones is 2. The van der Waals surface area contributed by atoms with Gasteiger partial charge in [0.15, 0.2) is 0 Å². The van der Waals surface area contributed by atoms with Gasteiger partial charge in [0.05, 0.1) is 0 Å². The quantitative estimate of drug-likeness (QED) is 0.210. The summed E-state index contributed by atoms with van der Waals surface area (Å²) in [4.78, 5) is 37.2. The SMILES string of the molecule is CC(=O)CC(=O)C(C=O)[PH](c1ccccc1)(c1ccccc1)c1ccccc1.[Rh]. The van der Waals surface area contributed by atoms with E-state index >= 15 is 0 Å². The van der Waals surface area contributed by atoms with Crippen molar-refractivity contribution in [1.82, 2.24) is 0 Å². The number of hydrogen-bond acceptors (Lipinski definition) is 3. The predicted octanol–water partition coefficient (Wildman–Crippen LogP) is 2.83. The maximum absolute atomic E-state index is 13.1. The van der Waals surface area contributed by atoms with Gasteiger partial charge in [0.25, 0.3) is 0 Å². The van der Waals surface area contributed by atoms with E-state index in [0.29, 0.717) is 0 Å². The molecule has 3 aromatic carbocycles. The minimum absolute atomic E-state index is 0. The monoisotopic (exact) mass is 493 g/mol. The molecule has 0 bridgehead atoms. The molecule has 5 heteroatoms. The first-order chi connectivity index (χ1) is 13.6. The number of carbonyl (C=O) groups is 3. The normalized spacial score (nSPS) is 12.3. The molecule has 0 aliphatic rings. The van der Waals surface area contributed by atoms with Crippen LogP contribution in [0.15, 0.2) is 91.0 Å². The number of Topliss-reactive ketones (excluding diaryl/α,β-unsaturated/α-hetero) is 2. The minimum atomic E-state index is -3.05. The van der Waals surface area contributed by atoms with Crippen LogP contribution in [0, 0.1) is 0 Å². The van der Waals surface area contributed by atoms with Crippen LogP contribution in [-0.2, 0) is 33.9 Å². The Bertz CT molecular complexity index is 863. The third-order valence-electron chi connectivity index (χ3n) is 5.06. The molecule has 0 fully saturated rings. The Morgan fingerprint density at radius 3 is 1.38 bits per heavy atom. The van der Waals surface area contributed by atoms with Crippen molar-refractivity contribution in [2.45, 2.75) is 19.0 Å². The fourth-order valence-corrected chi connectivity index (χ4v) is 8.94. The summed E-state index contributed by atoms with van der Waals surface area (Å²) in [5.74, 6) is -0.542. The first kappa shape index (κ1) is 23.0. The summed E-state index contributed by atoms with van der Waals surface area (Å²) >= 11 is 0. The van der Waals surface area contributed by atoms with Gasteiger partial charge in [-0.25, -0.2) is 0 Å². The summed E-state index contributed by atoms with van der Waals surface area (Å²) in [6.45, 7) is 1.39. The Labute approximate surface area is 184 Å². The molecule has 3 aromatic rings. The second kappa shape index (κ2) is 10.5. The molecule has 1 unspecified atom stereocenters. The van der Waals surface area contributed by atoms with Crippen LogP contribution in [0.25, 0.3) is 0 Å². The predicted molar refractivity (Wildman–Crippen MR) is 117 cm³/mol. The maximum Gasteiger partial charge on any atom is 0 e. The summed E-state index contributed by atoms with van der Waals surface area (Å²) < 4.78 is 0. The molecule has 0 aliphatic carbocycles. The van der Waals surface area contributed by atoms with Crippen molar-refractivity contribution in [3.05, 3.63) is 91.0 Å². The fourth-order valence-electron chi connectivity index (χ4n) is 3.92. The average molecular weight is 493 g/mol. The molecule has 0 spiro atoms. The fraction of sp³-hybridized carbons (Fsp3) is 0.125. The topological polar surface area (TPSA) is 51.2 Å². The van der Waals surface area contributed by atoms with Gasteiger partial charge in [-0.05, 0) is 0 Å². The zero-order chi connectivity index (χ0) is 20.0. The molecule has 0 aliphatic heterocycles. The van der Waals surface area contributed by atoms with Gasteiger partial charge in [0.2, 0.25) is 0 Å². The van der Waals surface area contributed by atoms with Gasteiger partial charge >= 0.3 is 165 Å². The van der Waals surface area contributed by atoms with Gasteiger partial charge in [0.1, 0.15) is 0 Å². The number of hydrogen-bond donors (Lipinski definition) is 0. The molecule has 0 saturated heterocycles. The second-order valence-electron chi connectivity index (χ2n) is 6.86. The molecule has 0 amide bonds. The number of aldehydes is 1. The molecule has 1 radical (unpaired) electrons. The van der Waals surface area contributed by atoms with Crippen LogP contribution in [0.4, 0.5) is 0 Å². The molecule has 0 saturated carbocycles. The van der Waals surface area contributed by atoms with E-state index in [2.05, 4.69) is 0 Å². The zero-order valence-electron chi connectivity index (χ0n) is 16.1. The zero-order valence-corrected chi connectivity index (χ0v) is 18.7. The largest absolute Gasteiger partial charge is 0 e.